The fourth-order valence-electron chi connectivity index (χ4n) is 5.02. The molecule has 3 saturated heterocycles. The molecule has 3 aliphatic rings. The number of carbonyl (C=O) groups is 3. The topological polar surface area (TPSA) is 79.4 Å². The number of rotatable bonds is 6. The number of morpholine rings is 1. The third kappa shape index (κ3) is 6.25. The molecule has 1 aromatic carbocycles. The van der Waals surface area contributed by atoms with Crippen LogP contribution < -0.4 is 4.74 Å². The lowest BCUT2D eigenvalue weighted by atomic mass is 9.92. The molecule has 3 amide bonds. The highest BCUT2D eigenvalue weighted by atomic mass is 16.5. The molecular weight excluding hydrogens is 422 g/mol. The number of hydrogen-bond donors (Lipinski definition) is 0. The van der Waals surface area contributed by atoms with Crippen LogP contribution in [0.2, 0.25) is 0 Å². The van der Waals surface area contributed by atoms with Crippen LogP contribution in [0, 0.1) is 11.8 Å². The number of para-hydroxylation sites is 1. The zero-order valence-electron chi connectivity index (χ0n) is 19.3. The highest BCUT2D eigenvalue weighted by Gasteiger charge is 2.36. The Kier molecular flexibility index (Phi) is 8.20. The maximum atomic E-state index is 13.3. The van der Waals surface area contributed by atoms with E-state index in [2.05, 4.69) is 0 Å². The number of piperidine rings is 2. The van der Waals surface area contributed by atoms with Crippen molar-refractivity contribution in [1.82, 2.24) is 14.7 Å². The maximum Gasteiger partial charge on any atom is 0.227 e. The van der Waals surface area contributed by atoms with Crippen molar-refractivity contribution in [3.05, 3.63) is 30.3 Å². The van der Waals surface area contributed by atoms with Gasteiger partial charge in [0, 0.05) is 39.3 Å². The lowest BCUT2D eigenvalue weighted by Gasteiger charge is -2.39. The molecule has 0 radical (unpaired) electrons. The Morgan fingerprint density at radius 1 is 0.818 bits per heavy atom. The van der Waals surface area contributed by atoms with E-state index in [1.807, 2.05) is 40.1 Å². The van der Waals surface area contributed by atoms with E-state index in [1.165, 1.54) is 0 Å². The Bertz CT molecular complexity index is 812. The van der Waals surface area contributed by atoms with Crippen molar-refractivity contribution >= 4 is 17.7 Å². The van der Waals surface area contributed by atoms with E-state index in [9.17, 15) is 14.4 Å². The van der Waals surface area contributed by atoms with E-state index < -0.39 is 0 Å². The van der Waals surface area contributed by atoms with E-state index in [-0.39, 0.29) is 29.6 Å². The first-order valence-corrected chi connectivity index (χ1v) is 12.2. The number of benzene rings is 1. The van der Waals surface area contributed by atoms with E-state index in [1.54, 1.807) is 4.90 Å². The fraction of sp³-hybridized carbons (Fsp3) is 0.640. The molecule has 2 unspecified atom stereocenters. The average molecular weight is 458 g/mol. The summed E-state index contributed by atoms with van der Waals surface area (Å²) in [4.78, 5) is 44.4. The molecule has 8 nitrogen and oxygen atoms in total. The summed E-state index contributed by atoms with van der Waals surface area (Å²) in [6.45, 7) is 5.11. The second kappa shape index (κ2) is 11.5. The number of hydrogen-bond acceptors (Lipinski definition) is 5. The summed E-state index contributed by atoms with van der Waals surface area (Å²) < 4.78 is 11.0. The Morgan fingerprint density at radius 2 is 1.42 bits per heavy atom. The minimum atomic E-state index is -0.185. The number of amides is 3. The average Bonchev–Trinajstić information content (AvgIpc) is 2.89. The van der Waals surface area contributed by atoms with Crippen molar-refractivity contribution in [1.29, 1.82) is 0 Å². The van der Waals surface area contributed by atoms with Gasteiger partial charge in [-0.1, -0.05) is 18.2 Å². The molecule has 0 bridgehead atoms. The highest BCUT2D eigenvalue weighted by molar-refractivity contribution is 5.83. The quantitative estimate of drug-likeness (QED) is 0.651. The largest absolute Gasteiger partial charge is 0.493 e. The third-order valence-corrected chi connectivity index (χ3v) is 6.86. The Hall–Kier alpha value is -2.61. The van der Waals surface area contributed by atoms with Crippen LogP contribution in [0.15, 0.2) is 30.3 Å². The smallest absolute Gasteiger partial charge is 0.227 e. The second-order valence-electron chi connectivity index (χ2n) is 9.15. The summed E-state index contributed by atoms with van der Waals surface area (Å²) in [7, 11) is 0. The van der Waals surface area contributed by atoms with Gasteiger partial charge in [0.05, 0.1) is 38.1 Å². The first-order chi connectivity index (χ1) is 16.1. The number of ether oxygens (including phenoxy) is 2. The van der Waals surface area contributed by atoms with Gasteiger partial charge < -0.3 is 24.2 Å². The van der Waals surface area contributed by atoms with Crippen molar-refractivity contribution in [2.24, 2.45) is 11.8 Å². The van der Waals surface area contributed by atoms with Gasteiger partial charge in [-0.05, 0) is 37.8 Å². The molecular formula is C25H35N3O5. The molecule has 33 heavy (non-hydrogen) atoms. The molecule has 1 aromatic rings. The van der Waals surface area contributed by atoms with Gasteiger partial charge in [0.25, 0.3) is 0 Å². The van der Waals surface area contributed by atoms with Crippen LogP contribution in [-0.2, 0) is 19.1 Å². The van der Waals surface area contributed by atoms with Gasteiger partial charge in [-0.15, -0.1) is 0 Å². The van der Waals surface area contributed by atoms with E-state index in [0.29, 0.717) is 65.5 Å². The molecule has 3 heterocycles. The Balaban J connectivity index is 1.26. The molecule has 3 fully saturated rings. The molecule has 2 atom stereocenters. The number of nitrogens with zero attached hydrogens (tertiary/aromatic N) is 3. The Labute approximate surface area is 195 Å². The van der Waals surface area contributed by atoms with Gasteiger partial charge >= 0.3 is 0 Å². The van der Waals surface area contributed by atoms with Crippen molar-refractivity contribution in [3.63, 3.8) is 0 Å². The van der Waals surface area contributed by atoms with E-state index in [0.717, 1.165) is 31.4 Å². The number of carbonyl (C=O) groups excluding carboxylic acids is 3. The van der Waals surface area contributed by atoms with Gasteiger partial charge in [-0.3, -0.25) is 14.4 Å². The van der Waals surface area contributed by atoms with Crippen LogP contribution in [0.1, 0.15) is 32.1 Å². The fourth-order valence-corrected chi connectivity index (χ4v) is 5.02. The van der Waals surface area contributed by atoms with Crippen molar-refractivity contribution < 1.29 is 23.9 Å². The lowest BCUT2D eigenvalue weighted by Crippen LogP contribution is -2.52. The summed E-state index contributed by atoms with van der Waals surface area (Å²) in [6, 6.07) is 9.47. The molecule has 8 heteroatoms. The van der Waals surface area contributed by atoms with Crippen LogP contribution in [0.5, 0.6) is 5.75 Å². The summed E-state index contributed by atoms with van der Waals surface area (Å²) in [5.41, 5.74) is 0. The molecule has 4 rings (SSSR count). The molecule has 180 valence electrons. The van der Waals surface area contributed by atoms with Crippen LogP contribution >= 0.6 is 0 Å². The maximum absolute atomic E-state index is 13.3. The second-order valence-corrected chi connectivity index (χ2v) is 9.15. The van der Waals surface area contributed by atoms with Gasteiger partial charge in [0.1, 0.15) is 5.75 Å². The van der Waals surface area contributed by atoms with Crippen LogP contribution in [-0.4, -0.2) is 91.5 Å². The minimum Gasteiger partial charge on any atom is -0.493 e. The minimum absolute atomic E-state index is 0.0300. The van der Waals surface area contributed by atoms with Crippen LogP contribution in [0.3, 0.4) is 0 Å². The zero-order chi connectivity index (χ0) is 23.0. The predicted molar refractivity (Wildman–Crippen MR) is 123 cm³/mol. The Morgan fingerprint density at radius 3 is 2.12 bits per heavy atom. The third-order valence-electron chi connectivity index (χ3n) is 6.86. The predicted octanol–water partition coefficient (Wildman–Crippen LogP) is 1.79. The molecule has 0 aromatic heterocycles. The van der Waals surface area contributed by atoms with Crippen molar-refractivity contribution in [2.75, 3.05) is 59.1 Å². The summed E-state index contributed by atoms with van der Waals surface area (Å²) in [6.07, 6.45) is 3.60. The van der Waals surface area contributed by atoms with Gasteiger partial charge in [-0.2, -0.15) is 0 Å². The zero-order valence-corrected chi connectivity index (χ0v) is 19.3. The summed E-state index contributed by atoms with van der Waals surface area (Å²) in [5.74, 6) is 0.708. The first kappa shape index (κ1) is 23.5. The normalized spacial score (nSPS) is 23.8. The van der Waals surface area contributed by atoms with E-state index >= 15 is 0 Å². The highest BCUT2D eigenvalue weighted by Crippen LogP contribution is 2.25. The van der Waals surface area contributed by atoms with Crippen molar-refractivity contribution in [2.45, 2.75) is 32.1 Å². The standard InChI is InChI=1S/C25H35N3O5/c29-23(10-15-33-22-8-2-1-3-9-22)27-11-4-6-20(18-27)25(31)28-12-5-7-21(19-28)24(30)26-13-16-32-17-14-26/h1-3,8-9,20-21H,4-7,10-19H2. The van der Waals surface area contributed by atoms with Crippen LogP contribution in [0.4, 0.5) is 0 Å². The lowest BCUT2D eigenvalue weighted by molar-refractivity contribution is -0.146. The van der Waals surface area contributed by atoms with Crippen molar-refractivity contribution in [3.8, 4) is 5.75 Å². The first-order valence-electron chi connectivity index (χ1n) is 12.2. The summed E-state index contributed by atoms with van der Waals surface area (Å²) in [5, 5.41) is 0. The summed E-state index contributed by atoms with van der Waals surface area (Å²) >= 11 is 0. The van der Waals surface area contributed by atoms with Gasteiger partial charge in [0.2, 0.25) is 17.7 Å². The number of likely N-dealkylation sites (tertiary alicyclic amines) is 2. The SMILES string of the molecule is O=C(CCOc1ccccc1)N1CCCC(C(=O)N2CCCC(C(=O)N3CCOCC3)C2)C1. The molecule has 0 N–H and O–H groups in total. The monoisotopic (exact) mass is 457 g/mol. The van der Waals surface area contributed by atoms with Gasteiger partial charge in [-0.25, -0.2) is 0 Å². The van der Waals surface area contributed by atoms with E-state index in [4.69, 9.17) is 9.47 Å². The molecule has 0 spiro atoms. The molecule has 3 aliphatic heterocycles. The molecule has 0 aliphatic carbocycles. The van der Waals surface area contributed by atoms with Gasteiger partial charge in [0.15, 0.2) is 0 Å². The van der Waals surface area contributed by atoms with Crippen LogP contribution in [0.25, 0.3) is 0 Å². The molecule has 0 saturated carbocycles.